The highest BCUT2D eigenvalue weighted by molar-refractivity contribution is 5.95. The van der Waals surface area contributed by atoms with E-state index in [0.717, 1.165) is 5.56 Å². The first-order chi connectivity index (χ1) is 9.56. The molecule has 104 valence electrons. The van der Waals surface area contributed by atoms with Crippen LogP contribution in [0.25, 0.3) is 0 Å². The number of rotatable bonds is 5. The summed E-state index contributed by atoms with van der Waals surface area (Å²) in [5, 5.41) is 6.54. The summed E-state index contributed by atoms with van der Waals surface area (Å²) in [5.41, 5.74) is 12.1. The van der Waals surface area contributed by atoms with Crippen molar-refractivity contribution < 1.29 is 9.59 Å². The van der Waals surface area contributed by atoms with Crippen LogP contribution in [0.3, 0.4) is 0 Å². The highest BCUT2D eigenvalue weighted by Gasteiger charge is 2.16. The van der Waals surface area contributed by atoms with Crippen LogP contribution in [0, 0.1) is 0 Å². The first-order valence-corrected chi connectivity index (χ1v) is 5.98. The predicted octanol–water partition coefficient (Wildman–Crippen LogP) is 0.00690. The molecule has 0 spiro atoms. The number of anilines is 1. The topological polar surface area (TPSA) is 116 Å². The Bertz CT molecular complexity index is 608. The van der Waals surface area contributed by atoms with Gasteiger partial charge in [-0.05, 0) is 5.56 Å². The molecule has 1 atom stereocenters. The summed E-state index contributed by atoms with van der Waals surface area (Å²) in [7, 11) is 0. The number of benzene rings is 1. The summed E-state index contributed by atoms with van der Waals surface area (Å²) in [6.45, 7) is -0.0411. The molecule has 2 rings (SSSR count). The summed E-state index contributed by atoms with van der Waals surface area (Å²) in [6, 6.07) is 8.26. The number of nitrogens with two attached hydrogens (primary N) is 2. The molecular weight excluding hydrogens is 258 g/mol. The zero-order chi connectivity index (χ0) is 14.5. The number of primary amides is 1. The lowest BCUT2D eigenvalue weighted by Gasteiger charge is -2.11. The van der Waals surface area contributed by atoms with Gasteiger partial charge in [0.05, 0.1) is 11.9 Å². The lowest BCUT2D eigenvalue weighted by atomic mass is 10.1. The summed E-state index contributed by atoms with van der Waals surface area (Å²) >= 11 is 0. The van der Waals surface area contributed by atoms with Crippen molar-refractivity contribution >= 4 is 17.5 Å². The third-order valence-corrected chi connectivity index (χ3v) is 2.66. The van der Waals surface area contributed by atoms with Crippen molar-refractivity contribution in [2.45, 2.75) is 12.6 Å². The number of amides is 2. The second-order valence-corrected chi connectivity index (χ2v) is 4.27. The molecule has 5 N–H and O–H groups in total. The molecule has 7 nitrogen and oxygen atoms in total. The number of carbonyl (C=O) groups excluding carboxylic acids is 2. The Hall–Kier alpha value is -2.67. The highest BCUT2D eigenvalue weighted by Crippen LogP contribution is 2.13. The van der Waals surface area contributed by atoms with Gasteiger partial charge in [-0.2, -0.15) is 5.10 Å². The lowest BCUT2D eigenvalue weighted by molar-refractivity contribution is -0.119. The lowest BCUT2D eigenvalue weighted by Crippen LogP contribution is -2.27. The van der Waals surface area contributed by atoms with Crippen molar-refractivity contribution in [1.82, 2.24) is 9.78 Å². The van der Waals surface area contributed by atoms with Crippen LogP contribution >= 0.6 is 0 Å². The van der Waals surface area contributed by atoms with Crippen molar-refractivity contribution in [2.75, 3.05) is 5.32 Å². The van der Waals surface area contributed by atoms with E-state index in [1.165, 1.54) is 17.1 Å². The van der Waals surface area contributed by atoms with Gasteiger partial charge in [-0.3, -0.25) is 14.3 Å². The molecule has 0 aliphatic carbocycles. The van der Waals surface area contributed by atoms with Gasteiger partial charge in [-0.25, -0.2) is 0 Å². The molecule has 0 saturated heterocycles. The van der Waals surface area contributed by atoms with Crippen molar-refractivity contribution in [3.8, 4) is 0 Å². The second-order valence-electron chi connectivity index (χ2n) is 4.27. The van der Waals surface area contributed by atoms with E-state index >= 15 is 0 Å². The summed E-state index contributed by atoms with van der Waals surface area (Å²) in [4.78, 5) is 22.7. The second kappa shape index (κ2) is 5.98. The molecular formula is C13H15N5O2. The Labute approximate surface area is 115 Å². The van der Waals surface area contributed by atoms with E-state index in [4.69, 9.17) is 11.5 Å². The third-order valence-electron chi connectivity index (χ3n) is 2.66. The van der Waals surface area contributed by atoms with E-state index in [1.807, 2.05) is 18.2 Å². The van der Waals surface area contributed by atoms with Crippen molar-refractivity contribution in [2.24, 2.45) is 11.5 Å². The van der Waals surface area contributed by atoms with Gasteiger partial charge >= 0.3 is 0 Å². The zero-order valence-corrected chi connectivity index (χ0v) is 10.7. The summed E-state index contributed by atoms with van der Waals surface area (Å²) in [5.74, 6) is -0.859. The molecule has 0 unspecified atom stereocenters. The molecule has 0 radical (unpaired) electrons. The van der Waals surface area contributed by atoms with E-state index in [9.17, 15) is 9.59 Å². The fraction of sp³-hybridized carbons (Fsp3) is 0.154. The van der Waals surface area contributed by atoms with Gasteiger partial charge in [0.1, 0.15) is 12.6 Å². The van der Waals surface area contributed by atoms with Crippen LogP contribution in [-0.4, -0.2) is 21.6 Å². The third kappa shape index (κ3) is 3.42. The van der Waals surface area contributed by atoms with Crippen LogP contribution in [0.1, 0.15) is 11.6 Å². The number of nitrogens with zero attached hydrogens (tertiary/aromatic N) is 2. The molecule has 2 aromatic rings. The van der Waals surface area contributed by atoms with Gasteiger partial charge in [0.15, 0.2) is 0 Å². The quantitative estimate of drug-likeness (QED) is 0.711. The average molecular weight is 273 g/mol. The minimum absolute atomic E-state index is 0.0411. The van der Waals surface area contributed by atoms with Crippen LogP contribution < -0.4 is 16.8 Å². The Morgan fingerprint density at radius 1 is 1.30 bits per heavy atom. The minimum Gasteiger partial charge on any atom is -0.368 e. The molecule has 0 aliphatic heterocycles. The fourth-order valence-electron chi connectivity index (χ4n) is 1.71. The largest absolute Gasteiger partial charge is 0.368 e. The zero-order valence-electron chi connectivity index (χ0n) is 10.7. The van der Waals surface area contributed by atoms with E-state index in [0.29, 0.717) is 5.69 Å². The van der Waals surface area contributed by atoms with Gasteiger partial charge in [0, 0.05) is 6.20 Å². The molecule has 7 heteroatoms. The Kier molecular flexibility index (Phi) is 4.11. The van der Waals surface area contributed by atoms with Crippen LogP contribution in [0.15, 0.2) is 42.7 Å². The SMILES string of the molecule is NC(=O)Cn1cc(NC(=O)[C@H](N)c2ccccc2)cn1. The van der Waals surface area contributed by atoms with Crippen molar-refractivity contribution in [1.29, 1.82) is 0 Å². The van der Waals surface area contributed by atoms with Gasteiger partial charge < -0.3 is 16.8 Å². The first-order valence-electron chi connectivity index (χ1n) is 5.98. The first kappa shape index (κ1) is 13.8. The Morgan fingerprint density at radius 2 is 2.00 bits per heavy atom. The van der Waals surface area contributed by atoms with E-state index in [2.05, 4.69) is 10.4 Å². The van der Waals surface area contributed by atoms with Crippen LogP contribution in [-0.2, 0) is 16.1 Å². The minimum atomic E-state index is -0.768. The standard InChI is InChI=1S/C13H15N5O2/c14-11(19)8-18-7-10(6-16-18)17-13(20)12(15)9-4-2-1-3-5-9/h1-7,12H,8,15H2,(H2,14,19)(H,17,20)/t12-/m1/s1. The number of hydrogen-bond acceptors (Lipinski definition) is 4. The number of aromatic nitrogens is 2. The van der Waals surface area contributed by atoms with Gasteiger partial charge in [0.25, 0.3) is 0 Å². The Balaban J connectivity index is 2.01. The number of hydrogen-bond donors (Lipinski definition) is 3. The maximum atomic E-state index is 12.0. The average Bonchev–Trinajstić information content (AvgIpc) is 2.85. The molecule has 1 aromatic heterocycles. The predicted molar refractivity (Wildman–Crippen MR) is 73.4 cm³/mol. The number of nitrogens with one attached hydrogen (secondary N) is 1. The van der Waals surface area contributed by atoms with E-state index in [-0.39, 0.29) is 12.5 Å². The molecule has 20 heavy (non-hydrogen) atoms. The van der Waals surface area contributed by atoms with Crippen molar-refractivity contribution in [3.05, 3.63) is 48.3 Å². The maximum absolute atomic E-state index is 12.0. The molecule has 0 saturated carbocycles. The molecule has 0 fully saturated rings. The smallest absolute Gasteiger partial charge is 0.245 e. The molecule has 0 aliphatic rings. The van der Waals surface area contributed by atoms with Crippen LogP contribution in [0.5, 0.6) is 0 Å². The van der Waals surface area contributed by atoms with E-state index < -0.39 is 11.9 Å². The molecule has 0 bridgehead atoms. The molecule has 1 aromatic carbocycles. The van der Waals surface area contributed by atoms with Gasteiger partial charge in [-0.1, -0.05) is 30.3 Å². The van der Waals surface area contributed by atoms with Crippen molar-refractivity contribution in [3.63, 3.8) is 0 Å². The fourth-order valence-corrected chi connectivity index (χ4v) is 1.71. The molecule has 1 heterocycles. The summed E-state index contributed by atoms with van der Waals surface area (Å²) < 4.78 is 1.34. The normalized spacial score (nSPS) is 11.8. The molecule has 2 amide bonds. The number of carbonyl (C=O) groups is 2. The van der Waals surface area contributed by atoms with Crippen LogP contribution in [0.2, 0.25) is 0 Å². The highest BCUT2D eigenvalue weighted by atomic mass is 16.2. The van der Waals surface area contributed by atoms with Gasteiger partial charge in [0.2, 0.25) is 11.8 Å². The van der Waals surface area contributed by atoms with Gasteiger partial charge in [-0.15, -0.1) is 0 Å². The maximum Gasteiger partial charge on any atom is 0.245 e. The Morgan fingerprint density at radius 3 is 2.65 bits per heavy atom. The van der Waals surface area contributed by atoms with Crippen LogP contribution in [0.4, 0.5) is 5.69 Å². The monoisotopic (exact) mass is 273 g/mol. The summed E-state index contributed by atoms with van der Waals surface area (Å²) in [6.07, 6.45) is 2.94. The van der Waals surface area contributed by atoms with E-state index in [1.54, 1.807) is 12.1 Å².